The summed E-state index contributed by atoms with van der Waals surface area (Å²) in [4.78, 5) is 29.6. The molecule has 0 bridgehead atoms. The highest BCUT2D eigenvalue weighted by Gasteiger charge is 2.17. The van der Waals surface area contributed by atoms with Crippen LogP contribution < -0.4 is 0 Å². The summed E-state index contributed by atoms with van der Waals surface area (Å²) < 4.78 is 6.45. The zero-order valence-corrected chi connectivity index (χ0v) is 30.3. The standard InChI is InChI=1S/C49H29N7O/c50-30-31-16-18-32(19-17-31)33-20-22-37(23-21-33)47-52-46(36-14-8-3-9-15-36)55-49(56-47)39-24-26-40-41-28-38(25-27-42(41)57-43(40)29-39)48-53-44(34-10-4-1-5-11-34)51-45(54-48)35-12-6-2-7-13-35/h1-29H. The van der Waals surface area contributed by atoms with Gasteiger partial charge in [0, 0.05) is 44.2 Å². The van der Waals surface area contributed by atoms with Crippen molar-refractivity contribution in [1.82, 2.24) is 29.9 Å². The van der Waals surface area contributed by atoms with Gasteiger partial charge in [0.25, 0.3) is 0 Å². The predicted octanol–water partition coefficient (Wildman–Crippen LogP) is 11.5. The molecule has 0 amide bonds. The van der Waals surface area contributed by atoms with Crippen molar-refractivity contribution in [3.05, 3.63) is 181 Å². The summed E-state index contributed by atoms with van der Waals surface area (Å²) in [6, 6.07) is 59.8. The van der Waals surface area contributed by atoms with E-state index in [1.807, 2.05) is 164 Å². The molecule has 10 aromatic rings. The van der Waals surface area contributed by atoms with Gasteiger partial charge in [-0.2, -0.15) is 5.26 Å². The number of hydrogen-bond acceptors (Lipinski definition) is 8. The summed E-state index contributed by atoms with van der Waals surface area (Å²) in [5, 5.41) is 11.1. The monoisotopic (exact) mass is 731 g/mol. The molecule has 0 unspecified atom stereocenters. The van der Waals surface area contributed by atoms with E-state index in [2.05, 4.69) is 18.2 Å². The van der Waals surface area contributed by atoms with Crippen LogP contribution in [0.5, 0.6) is 0 Å². The number of nitrogens with zero attached hydrogens (tertiary/aromatic N) is 7. The average Bonchev–Trinajstić information content (AvgIpc) is 3.67. The van der Waals surface area contributed by atoms with Crippen molar-refractivity contribution < 1.29 is 4.42 Å². The fourth-order valence-corrected chi connectivity index (χ4v) is 6.89. The molecule has 0 saturated carbocycles. The van der Waals surface area contributed by atoms with Crippen molar-refractivity contribution in [2.45, 2.75) is 0 Å². The Hall–Kier alpha value is -8.15. The van der Waals surface area contributed by atoms with Crippen molar-refractivity contribution in [2.75, 3.05) is 0 Å². The van der Waals surface area contributed by atoms with Crippen LogP contribution in [0.1, 0.15) is 5.56 Å². The van der Waals surface area contributed by atoms with Crippen molar-refractivity contribution in [2.24, 2.45) is 0 Å². The minimum atomic E-state index is 0.533. The number of furan rings is 1. The van der Waals surface area contributed by atoms with Gasteiger partial charge in [0.15, 0.2) is 34.9 Å². The second-order valence-corrected chi connectivity index (χ2v) is 13.5. The number of hydrogen-bond donors (Lipinski definition) is 0. The molecule has 0 N–H and O–H groups in total. The lowest BCUT2D eigenvalue weighted by Crippen LogP contribution is -2.00. The molecule has 0 atom stereocenters. The maximum Gasteiger partial charge on any atom is 0.164 e. The maximum atomic E-state index is 9.20. The van der Waals surface area contributed by atoms with E-state index < -0.39 is 0 Å². The van der Waals surface area contributed by atoms with Crippen molar-refractivity contribution >= 4 is 21.9 Å². The second-order valence-electron chi connectivity index (χ2n) is 13.5. The normalized spacial score (nSPS) is 11.1. The molecule has 0 fully saturated rings. The summed E-state index contributed by atoms with van der Waals surface area (Å²) in [6.07, 6.45) is 0. The fraction of sp³-hybridized carbons (Fsp3) is 0. The summed E-state index contributed by atoms with van der Waals surface area (Å²) in [7, 11) is 0. The van der Waals surface area contributed by atoms with Gasteiger partial charge in [0.05, 0.1) is 11.6 Å². The Balaban J connectivity index is 1.04. The Morgan fingerprint density at radius 2 is 0.684 bits per heavy atom. The Morgan fingerprint density at radius 1 is 0.316 bits per heavy atom. The fourth-order valence-electron chi connectivity index (χ4n) is 6.89. The lowest BCUT2D eigenvalue weighted by molar-refractivity contribution is 0.669. The van der Waals surface area contributed by atoms with Crippen molar-refractivity contribution in [3.63, 3.8) is 0 Å². The molecule has 10 rings (SSSR count). The van der Waals surface area contributed by atoms with Gasteiger partial charge in [-0.1, -0.05) is 133 Å². The molecule has 3 heterocycles. The zero-order chi connectivity index (χ0) is 38.1. The minimum Gasteiger partial charge on any atom is -0.456 e. The lowest BCUT2D eigenvalue weighted by atomic mass is 10.0. The van der Waals surface area contributed by atoms with E-state index >= 15 is 0 Å². The van der Waals surface area contributed by atoms with E-state index in [4.69, 9.17) is 34.3 Å². The summed E-state index contributed by atoms with van der Waals surface area (Å²) >= 11 is 0. The highest BCUT2D eigenvalue weighted by molar-refractivity contribution is 6.07. The maximum absolute atomic E-state index is 9.20. The van der Waals surface area contributed by atoms with Gasteiger partial charge in [-0.25, -0.2) is 29.9 Å². The van der Waals surface area contributed by atoms with E-state index in [1.54, 1.807) is 0 Å². The van der Waals surface area contributed by atoms with E-state index in [1.165, 1.54) is 0 Å². The largest absolute Gasteiger partial charge is 0.456 e. The molecule has 0 aliphatic rings. The van der Waals surface area contributed by atoms with Crippen LogP contribution >= 0.6 is 0 Å². The highest BCUT2D eigenvalue weighted by atomic mass is 16.3. The van der Waals surface area contributed by atoms with Gasteiger partial charge < -0.3 is 4.42 Å². The number of aromatic nitrogens is 6. The topological polar surface area (TPSA) is 114 Å². The Kier molecular flexibility index (Phi) is 8.36. The van der Waals surface area contributed by atoms with Crippen LogP contribution in [0.15, 0.2) is 180 Å². The molecule has 0 spiro atoms. The lowest BCUT2D eigenvalue weighted by Gasteiger charge is -2.09. The van der Waals surface area contributed by atoms with Crippen LogP contribution in [0.4, 0.5) is 0 Å². The number of fused-ring (bicyclic) bond motifs is 3. The van der Waals surface area contributed by atoms with Gasteiger partial charge in [0.1, 0.15) is 11.2 Å². The number of benzene rings is 7. The van der Waals surface area contributed by atoms with Gasteiger partial charge >= 0.3 is 0 Å². The third-order valence-corrected chi connectivity index (χ3v) is 9.84. The minimum absolute atomic E-state index is 0.533. The molecule has 266 valence electrons. The first-order valence-corrected chi connectivity index (χ1v) is 18.4. The van der Waals surface area contributed by atoms with Gasteiger partial charge in [0.2, 0.25) is 0 Å². The van der Waals surface area contributed by atoms with Crippen LogP contribution in [0.2, 0.25) is 0 Å². The van der Waals surface area contributed by atoms with Crippen molar-refractivity contribution in [1.29, 1.82) is 5.26 Å². The van der Waals surface area contributed by atoms with E-state index in [0.717, 1.165) is 60.9 Å². The number of nitriles is 1. The third-order valence-electron chi connectivity index (χ3n) is 9.84. The first-order valence-electron chi connectivity index (χ1n) is 18.4. The smallest absolute Gasteiger partial charge is 0.164 e. The molecule has 0 aliphatic heterocycles. The van der Waals surface area contributed by atoms with Gasteiger partial charge in [-0.05, 0) is 53.6 Å². The van der Waals surface area contributed by atoms with Crippen LogP contribution in [0.25, 0.3) is 101 Å². The first-order chi connectivity index (χ1) is 28.1. The molecule has 0 radical (unpaired) electrons. The van der Waals surface area contributed by atoms with Gasteiger partial charge in [-0.3, -0.25) is 0 Å². The Bertz CT molecular complexity index is 3050. The van der Waals surface area contributed by atoms with E-state index in [9.17, 15) is 5.26 Å². The van der Waals surface area contributed by atoms with Crippen LogP contribution in [0, 0.1) is 11.3 Å². The van der Waals surface area contributed by atoms with Crippen LogP contribution in [-0.4, -0.2) is 29.9 Å². The molecule has 0 saturated heterocycles. The first kappa shape index (κ1) is 33.4. The summed E-state index contributed by atoms with van der Waals surface area (Å²) in [6.45, 7) is 0. The molecule has 3 aromatic heterocycles. The predicted molar refractivity (Wildman–Crippen MR) is 223 cm³/mol. The molecule has 0 aliphatic carbocycles. The summed E-state index contributed by atoms with van der Waals surface area (Å²) in [5.41, 5.74) is 9.36. The molecule has 8 heteroatoms. The quantitative estimate of drug-likeness (QED) is 0.159. The molecule has 57 heavy (non-hydrogen) atoms. The van der Waals surface area contributed by atoms with E-state index in [-0.39, 0.29) is 0 Å². The van der Waals surface area contributed by atoms with Crippen molar-refractivity contribution in [3.8, 4) is 85.5 Å². The highest BCUT2D eigenvalue weighted by Crippen LogP contribution is 2.35. The molecular formula is C49H29N7O. The molecular weight excluding hydrogens is 703 g/mol. The Morgan fingerprint density at radius 3 is 1.16 bits per heavy atom. The second kappa shape index (κ2) is 14.3. The SMILES string of the molecule is N#Cc1ccc(-c2ccc(-c3nc(-c4ccccc4)nc(-c4ccc5c(c4)oc4ccc(-c6nc(-c7ccccc7)nc(-c7ccccc7)n6)cc45)n3)cc2)cc1. The van der Waals surface area contributed by atoms with Crippen LogP contribution in [-0.2, 0) is 0 Å². The van der Waals surface area contributed by atoms with E-state index in [0.29, 0.717) is 46.1 Å². The van der Waals surface area contributed by atoms with Gasteiger partial charge in [-0.15, -0.1) is 0 Å². The summed E-state index contributed by atoms with van der Waals surface area (Å²) in [5.74, 6) is 3.45. The molecule has 7 aromatic carbocycles. The zero-order valence-electron chi connectivity index (χ0n) is 30.3. The third kappa shape index (κ3) is 6.56. The average molecular weight is 732 g/mol. The number of rotatable bonds is 7. The molecule has 8 nitrogen and oxygen atoms in total. The Labute approximate surface area is 327 Å². The van der Waals surface area contributed by atoms with Crippen LogP contribution in [0.3, 0.4) is 0 Å².